The van der Waals surface area contributed by atoms with Gasteiger partial charge in [0, 0.05) is 11.3 Å². The Hall–Kier alpha value is -3.21. The van der Waals surface area contributed by atoms with E-state index in [2.05, 4.69) is 0 Å². The van der Waals surface area contributed by atoms with Gasteiger partial charge in [-0.3, -0.25) is 0 Å². The molecule has 0 radical (unpaired) electrons. The molecule has 0 heterocycles. The number of allylic oxidation sites excluding steroid dienone is 1. The fraction of sp³-hybridized carbons (Fsp3) is 0.0909. The molecule has 3 aromatic carbocycles. The Labute approximate surface area is 155 Å². The number of nitrogen functional groups attached to an aromatic ring is 1. The monoisotopic (exact) mass is 369 g/mol. The smallest absolute Gasteiger partial charge is 0.417 e. The van der Waals surface area contributed by atoms with Gasteiger partial charge in [0.25, 0.3) is 0 Å². The van der Waals surface area contributed by atoms with Crippen molar-refractivity contribution in [2.75, 3.05) is 12.8 Å². The summed E-state index contributed by atoms with van der Waals surface area (Å²) in [5.41, 5.74) is 6.45. The van der Waals surface area contributed by atoms with E-state index >= 15 is 0 Å². The number of nitrogens with two attached hydrogens (primary N) is 1. The Bertz CT molecular complexity index is 928. The lowest BCUT2D eigenvalue weighted by Gasteiger charge is -2.20. The summed E-state index contributed by atoms with van der Waals surface area (Å²) in [6.45, 7) is 0. The molecule has 0 amide bonds. The first-order chi connectivity index (χ1) is 12.9. The molecule has 0 aliphatic carbocycles. The van der Waals surface area contributed by atoms with Crippen LogP contribution in [0.25, 0.3) is 11.1 Å². The number of hydrogen-bond acceptors (Lipinski definition) is 2. The average molecular weight is 369 g/mol. The lowest BCUT2D eigenvalue weighted by atomic mass is 9.89. The molecular formula is C22H18F3NO. The Morgan fingerprint density at radius 1 is 0.741 bits per heavy atom. The van der Waals surface area contributed by atoms with Crippen LogP contribution in [0, 0.1) is 0 Å². The highest BCUT2D eigenvalue weighted by atomic mass is 19.4. The van der Waals surface area contributed by atoms with Gasteiger partial charge in [-0.15, -0.1) is 0 Å². The summed E-state index contributed by atoms with van der Waals surface area (Å²) in [7, 11) is 1.51. The van der Waals surface area contributed by atoms with Gasteiger partial charge < -0.3 is 10.5 Å². The Morgan fingerprint density at radius 3 is 1.78 bits per heavy atom. The van der Waals surface area contributed by atoms with Crippen molar-refractivity contribution in [3.63, 3.8) is 0 Å². The molecule has 0 unspecified atom stereocenters. The van der Waals surface area contributed by atoms with Crippen molar-refractivity contribution in [3.05, 3.63) is 95.6 Å². The molecule has 5 heteroatoms. The Kier molecular flexibility index (Phi) is 5.21. The number of ether oxygens (including phenoxy) is 1. The minimum Gasteiger partial charge on any atom is -0.497 e. The molecule has 0 spiro atoms. The second kappa shape index (κ2) is 7.58. The highest BCUT2D eigenvalue weighted by molar-refractivity contribution is 6.00. The van der Waals surface area contributed by atoms with E-state index in [-0.39, 0.29) is 11.1 Å². The minimum atomic E-state index is -4.55. The molecule has 0 aliphatic heterocycles. The highest BCUT2D eigenvalue weighted by Crippen LogP contribution is 2.42. The van der Waals surface area contributed by atoms with E-state index in [1.54, 1.807) is 54.6 Å². The van der Waals surface area contributed by atoms with Crippen molar-refractivity contribution in [3.8, 4) is 5.75 Å². The van der Waals surface area contributed by atoms with E-state index in [9.17, 15) is 13.2 Å². The predicted octanol–water partition coefficient (Wildman–Crippen LogP) is 5.80. The zero-order valence-corrected chi connectivity index (χ0v) is 14.6. The van der Waals surface area contributed by atoms with Gasteiger partial charge in [-0.1, -0.05) is 54.6 Å². The number of halogens is 3. The van der Waals surface area contributed by atoms with Crippen LogP contribution >= 0.6 is 0 Å². The third-order valence-electron chi connectivity index (χ3n) is 4.17. The molecule has 0 saturated heterocycles. The lowest BCUT2D eigenvalue weighted by molar-refractivity contribution is -0.0685. The molecule has 0 aliphatic rings. The van der Waals surface area contributed by atoms with Gasteiger partial charge in [0.15, 0.2) is 0 Å². The van der Waals surface area contributed by atoms with Crippen molar-refractivity contribution in [1.82, 2.24) is 0 Å². The first kappa shape index (κ1) is 18.6. The molecule has 3 aromatic rings. The second-order valence-electron chi connectivity index (χ2n) is 5.96. The summed E-state index contributed by atoms with van der Waals surface area (Å²) in [4.78, 5) is 0. The van der Waals surface area contributed by atoms with Crippen molar-refractivity contribution in [1.29, 1.82) is 0 Å². The van der Waals surface area contributed by atoms with Crippen LogP contribution in [0.5, 0.6) is 5.75 Å². The van der Waals surface area contributed by atoms with E-state index in [4.69, 9.17) is 10.5 Å². The quantitative estimate of drug-likeness (QED) is 0.466. The van der Waals surface area contributed by atoms with E-state index in [1.807, 2.05) is 0 Å². The molecule has 0 bridgehead atoms. The van der Waals surface area contributed by atoms with Gasteiger partial charge in [0.05, 0.1) is 12.7 Å². The topological polar surface area (TPSA) is 35.2 Å². The summed E-state index contributed by atoms with van der Waals surface area (Å²) < 4.78 is 47.6. The standard InChI is InChI=1S/C22H18F3NO/c1-27-19-13-9-16(10-14-19)20(15-5-3-2-4-6-15)21(22(23,24)25)17-7-11-18(26)12-8-17/h2-14H,26H2,1H3/b21-20-. The summed E-state index contributed by atoms with van der Waals surface area (Å²) >= 11 is 0. The summed E-state index contributed by atoms with van der Waals surface area (Å²) in [5.74, 6) is 0.576. The van der Waals surface area contributed by atoms with Gasteiger partial charge in [-0.25, -0.2) is 0 Å². The molecule has 27 heavy (non-hydrogen) atoms. The number of hydrogen-bond donors (Lipinski definition) is 1. The first-order valence-electron chi connectivity index (χ1n) is 8.27. The van der Waals surface area contributed by atoms with Crippen molar-refractivity contribution >= 4 is 16.8 Å². The minimum absolute atomic E-state index is 0.0615. The van der Waals surface area contributed by atoms with Crippen LogP contribution in [0.15, 0.2) is 78.9 Å². The van der Waals surface area contributed by atoms with Crippen molar-refractivity contribution in [2.24, 2.45) is 0 Å². The number of anilines is 1. The van der Waals surface area contributed by atoms with Gasteiger partial charge in [-0.05, 0) is 41.0 Å². The fourth-order valence-electron chi connectivity index (χ4n) is 2.92. The van der Waals surface area contributed by atoms with Crippen LogP contribution in [-0.2, 0) is 0 Å². The number of alkyl halides is 3. The maximum absolute atomic E-state index is 14.2. The first-order valence-corrected chi connectivity index (χ1v) is 8.27. The Morgan fingerprint density at radius 2 is 1.26 bits per heavy atom. The SMILES string of the molecule is COc1ccc(/C(=C(/c2ccc(N)cc2)C(F)(F)F)c2ccccc2)cc1. The summed E-state index contributed by atoms with van der Waals surface area (Å²) in [5, 5.41) is 0. The van der Waals surface area contributed by atoms with Crippen molar-refractivity contribution < 1.29 is 17.9 Å². The van der Waals surface area contributed by atoms with Gasteiger partial charge in [-0.2, -0.15) is 13.2 Å². The van der Waals surface area contributed by atoms with Crippen LogP contribution in [0.3, 0.4) is 0 Å². The number of benzene rings is 3. The average Bonchev–Trinajstić information content (AvgIpc) is 2.67. The van der Waals surface area contributed by atoms with Crippen molar-refractivity contribution in [2.45, 2.75) is 6.18 Å². The van der Waals surface area contributed by atoms with Gasteiger partial charge in [0.2, 0.25) is 0 Å². The molecule has 0 fully saturated rings. The van der Waals surface area contributed by atoms with Crippen LogP contribution in [0.2, 0.25) is 0 Å². The molecule has 2 nitrogen and oxygen atoms in total. The maximum atomic E-state index is 14.2. The summed E-state index contributed by atoms with van der Waals surface area (Å²) in [6.07, 6.45) is -4.55. The molecular weight excluding hydrogens is 351 g/mol. The van der Waals surface area contributed by atoms with E-state index in [0.717, 1.165) is 0 Å². The number of methoxy groups -OCH3 is 1. The van der Waals surface area contributed by atoms with E-state index in [0.29, 0.717) is 22.6 Å². The van der Waals surface area contributed by atoms with Crippen LogP contribution in [0.1, 0.15) is 16.7 Å². The largest absolute Gasteiger partial charge is 0.497 e. The highest BCUT2D eigenvalue weighted by Gasteiger charge is 2.38. The van der Waals surface area contributed by atoms with E-state index < -0.39 is 11.7 Å². The molecule has 0 saturated carbocycles. The zero-order valence-electron chi connectivity index (χ0n) is 14.6. The fourth-order valence-corrected chi connectivity index (χ4v) is 2.92. The normalized spacial score (nSPS) is 12.4. The Balaban J connectivity index is 2.34. The molecule has 3 rings (SSSR count). The lowest BCUT2D eigenvalue weighted by Crippen LogP contribution is -2.14. The molecule has 0 aromatic heterocycles. The zero-order chi connectivity index (χ0) is 19.4. The van der Waals surface area contributed by atoms with Crippen LogP contribution < -0.4 is 10.5 Å². The second-order valence-corrected chi connectivity index (χ2v) is 5.96. The molecule has 138 valence electrons. The number of rotatable bonds is 4. The maximum Gasteiger partial charge on any atom is 0.417 e. The van der Waals surface area contributed by atoms with Gasteiger partial charge >= 0.3 is 6.18 Å². The molecule has 0 atom stereocenters. The predicted molar refractivity (Wildman–Crippen MR) is 102 cm³/mol. The van der Waals surface area contributed by atoms with Crippen LogP contribution in [-0.4, -0.2) is 13.3 Å². The van der Waals surface area contributed by atoms with E-state index in [1.165, 1.54) is 31.4 Å². The third-order valence-corrected chi connectivity index (χ3v) is 4.17. The third kappa shape index (κ3) is 4.14. The van der Waals surface area contributed by atoms with Crippen LogP contribution in [0.4, 0.5) is 18.9 Å². The van der Waals surface area contributed by atoms with Gasteiger partial charge in [0.1, 0.15) is 5.75 Å². The summed E-state index contributed by atoms with van der Waals surface area (Å²) in [6, 6.07) is 20.8. The molecule has 2 N–H and O–H groups in total.